The van der Waals surface area contributed by atoms with Crippen LogP contribution in [0.2, 0.25) is 0 Å². The largest absolute Gasteiger partial charge is 0.496 e. The van der Waals surface area contributed by atoms with Gasteiger partial charge in [-0.1, -0.05) is 19.9 Å². The van der Waals surface area contributed by atoms with Crippen LogP contribution in [0.1, 0.15) is 34.6 Å². The van der Waals surface area contributed by atoms with E-state index in [4.69, 9.17) is 18.3 Å². The highest BCUT2D eigenvalue weighted by Crippen LogP contribution is 2.43. The van der Waals surface area contributed by atoms with E-state index in [9.17, 15) is 18.2 Å². The maximum atomic E-state index is 13.7. The second-order valence-corrected chi connectivity index (χ2v) is 11.7. The summed E-state index contributed by atoms with van der Waals surface area (Å²) in [5.41, 5.74) is 4.80. The molecule has 0 spiro atoms. The van der Waals surface area contributed by atoms with Gasteiger partial charge in [-0.3, -0.25) is 9.10 Å². The minimum atomic E-state index is -1.42. The molecule has 48 heavy (non-hydrogen) atoms. The summed E-state index contributed by atoms with van der Waals surface area (Å²) in [5, 5.41) is 3.17. The molecule has 1 amide bonds. The lowest BCUT2D eigenvalue weighted by atomic mass is 9.97. The fraction of sp³-hybridized carbons (Fsp3) is 0.194. The van der Waals surface area contributed by atoms with Crippen molar-refractivity contribution < 1.29 is 36.5 Å². The first-order valence-electron chi connectivity index (χ1n) is 15.0. The molecule has 4 aromatic carbocycles. The van der Waals surface area contributed by atoms with E-state index in [0.29, 0.717) is 61.3 Å². The molecule has 0 radical (unpaired) electrons. The Morgan fingerprint density at radius 3 is 2.25 bits per heavy atom. The summed E-state index contributed by atoms with van der Waals surface area (Å²) in [6, 6.07) is 19.4. The van der Waals surface area contributed by atoms with Gasteiger partial charge in [-0.25, -0.2) is 18.4 Å². The van der Waals surface area contributed by atoms with Crippen LogP contribution in [0.15, 0.2) is 81.6 Å². The summed E-state index contributed by atoms with van der Waals surface area (Å²) in [7, 11) is 4.61. The molecule has 0 saturated heterocycles. The first-order chi connectivity index (χ1) is 23.1. The Labute approximate surface area is 279 Å². The average Bonchev–Trinajstić information content (AvgIpc) is 3.72. The minimum absolute atomic E-state index is 0.249. The topological polar surface area (TPSA) is 124 Å². The van der Waals surface area contributed by atoms with Crippen LogP contribution in [0.3, 0.4) is 0 Å². The molecular formula is C36H34FN3O7S. The van der Waals surface area contributed by atoms with E-state index in [0.717, 1.165) is 0 Å². The van der Waals surface area contributed by atoms with E-state index in [2.05, 4.69) is 10.3 Å². The van der Waals surface area contributed by atoms with Crippen LogP contribution in [-0.4, -0.2) is 55.6 Å². The molecule has 12 heteroatoms. The third-order valence-corrected chi connectivity index (χ3v) is 8.61. The quantitative estimate of drug-likeness (QED) is 0.164. The Morgan fingerprint density at radius 2 is 1.60 bits per heavy atom. The van der Waals surface area contributed by atoms with Gasteiger partial charge < -0.3 is 23.6 Å². The van der Waals surface area contributed by atoms with Gasteiger partial charge >= 0.3 is 5.97 Å². The molecule has 0 aliphatic rings. The first kappa shape index (κ1) is 33.9. The van der Waals surface area contributed by atoms with Crippen LogP contribution in [0.25, 0.3) is 56.0 Å². The van der Waals surface area contributed by atoms with Gasteiger partial charge in [0.2, 0.25) is 5.89 Å². The number of esters is 1. The summed E-state index contributed by atoms with van der Waals surface area (Å²) in [6.45, 7) is 4.00. The van der Waals surface area contributed by atoms with E-state index in [-0.39, 0.29) is 17.2 Å². The second kappa shape index (κ2) is 14.1. The molecule has 1 N–H and O–H groups in total. The van der Waals surface area contributed by atoms with Gasteiger partial charge in [-0.15, -0.1) is 0 Å². The Kier molecular flexibility index (Phi) is 9.95. The zero-order valence-corrected chi connectivity index (χ0v) is 28.3. The average molecular weight is 672 g/mol. The number of fused-ring (bicyclic) bond motifs is 2. The normalized spacial score (nSPS) is 11.5. The van der Waals surface area contributed by atoms with Gasteiger partial charge in [0.05, 0.1) is 36.6 Å². The predicted molar refractivity (Wildman–Crippen MR) is 185 cm³/mol. The van der Waals surface area contributed by atoms with Gasteiger partial charge in [0.25, 0.3) is 5.91 Å². The van der Waals surface area contributed by atoms with Gasteiger partial charge in [0, 0.05) is 42.9 Å². The molecule has 1 atom stereocenters. The zero-order valence-electron chi connectivity index (χ0n) is 27.5. The van der Waals surface area contributed by atoms with Crippen molar-refractivity contribution in [3.63, 3.8) is 0 Å². The summed E-state index contributed by atoms with van der Waals surface area (Å²) in [6.07, 6.45) is 1.55. The number of carbonyl (C=O) groups is 2. The number of hydrogen-bond acceptors (Lipinski definition) is 8. The third-order valence-electron chi connectivity index (χ3n) is 7.64. The SMILES string of the molecule is CC.CNC(=O)c1c(-c2ccc(F)cc2)oc2cc(N(C)S(C)=O)c(-c3ccc(OC)c(-c4nc5cc(C(=O)OC)ccc5o4)c3)cc12. The molecule has 0 aliphatic carbocycles. The smallest absolute Gasteiger partial charge is 0.337 e. The number of benzene rings is 4. The molecule has 0 bridgehead atoms. The lowest BCUT2D eigenvalue weighted by Gasteiger charge is -2.20. The molecule has 0 aliphatic heterocycles. The van der Waals surface area contributed by atoms with Crippen molar-refractivity contribution >= 4 is 50.6 Å². The van der Waals surface area contributed by atoms with Gasteiger partial charge in [0.1, 0.15) is 39.4 Å². The van der Waals surface area contributed by atoms with Crippen LogP contribution in [0.5, 0.6) is 5.75 Å². The Balaban J connectivity index is 0.00000221. The third kappa shape index (κ3) is 6.26. The van der Waals surface area contributed by atoms with E-state index in [1.807, 2.05) is 26.0 Å². The van der Waals surface area contributed by atoms with Crippen LogP contribution in [0.4, 0.5) is 10.1 Å². The molecule has 2 heterocycles. The molecule has 6 rings (SSSR count). The Bertz CT molecular complexity index is 2170. The number of halogens is 1. The Morgan fingerprint density at radius 1 is 0.896 bits per heavy atom. The highest BCUT2D eigenvalue weighted by Gasteiger charge is 2.26. The van der Waals surface area contributed by atoms with Gasteiger partial charge in [-0.05, 0) is 66.2 Å². The first-order valence-corrected chi connectivity index (χ1v) is 16.5. The summed E-state index contributed by atoms with van der Waals surface area (Å²) < 4.78 is 50.9. The number of carbonyl (C=O) groups excluding carboxylic acids is 2. The standard InChI is InChI=1S/C34H28FN3O7S.C2H6/c1-36-32(39)30-23-16-22(26(38(2)46(5)41)17-29(23)44-31(30)18-6-10-21(35)11-7-18)19-8-12-27(42-3)24(14-19)33-37-25-15-20(34(40)43-4)9-13-28(25)45-33;1-2/h6-17H,1-5H3,(H,36,39);1-2H3. The van der Waals surface area contributed by atoms with Crippen molar-refractivity contribution in [2.24, 2.45) is 0 Å². The number of amides is 1. The maximum Gasteiger partial charge on any atom is 0.337 e. The van der Waals surface area contributed by atoms with Crippen molar-refractivity contribution in [2.75, 3.05) is 38.9 Å². The number of hydrogen-bond donors (Lipinski definition) is 1. The highest BCUT2D eigenvalue weighted by atomic mass is 32.2. The number of nitrogens with zero attached hydrogens (tertiary/aromatic N) is 2. The fourth-order valence-electron chi connectivity index (χ4n) is 5.25. The van der Waals surface area contributed by atoms with Gasteiger partial charge in [-0.2, -0.15) is 0 Å². The van der Waals surface area contributed by atoms with Gasteiger partial charge in [0.15, 0.2) is 5.58 Å². The highest BCUT2D eigenvalue weighted by molar-refractivity contribution is 7.85. The lowest BCUT2D eigenvalue weighted by Crippen LogP contribution is -2.20. The fourth-order valence-corrected chi connectivity index (χ4v) is 5.68. The summed E-state index contributed by atoms with van der Waals surface area (Å²) >= 11 is 0. The maximum absolute atomic E-state index is 13.7. The number of anilines is 1. The summed E-state index contributed by atoms with van der Waals surface area (Å²) in [5.74, 6) is -0.311. The van der Waals surface area contributed by atoms with Crippen LogP contribution in [-0.2, 0) is 15.7 Å². The molecule has 6 aromatic rings. The van der Waals surface area contributed by atoms with Crippen molar-refractivity contribution in [1.29, 1.82) is 0 Å². The predicted octanol–water partition coefficient (Wildman–Crippen LogP) is 7.62. The molecule has 248 valence electrons. The molecule has 10 nitrogen and oxygen atoms in total. The molecule has 2 aromatic heterocycles. The van der Waals surface area contributed by atoms with E-state index >= 15 is 0 Å². The Hall–Kier alpha value is -5.49. The molecule has 1 unspecified atom stereocenters. The zero-order chi connectivity index (χ0) is 34.7. The molecular weight excluding hydrogens is 637 g/mol. The van der Waals surface area contributed by atoms with Crippen LogP contribution >= 0.6 is 0 Å². The molecule has 0 saturated carbocycles. The van der Waals surface area contributed by atoms with Crippen LogP contribution in [0, 0.1) is 5.82 Å². The number of oxazole rings is 1. The van der Waals surface area contributed by atoms with Crippen molar-refractivity contribution in [3.8, 4) is 39.7 Å². The molecule has 0 fully saturated rings. The minimum Gasteiger partial charge on any atom is -0.496 e. The number of nitrogens with one attached hydrogen (secondary N) is 1. The number of methoxy groups -OCH3 is 2. The second-order valence-electron chi connectivity index (χ2n) is 10.3. The monoisotopic (exact) mass is 671 g/mol. The van der Waals surface area contributed by atoms with Crippen molar-refractivity contribution in [1.82, 2.24) is 10.3 Å². The van der Waals surface area contributed by atoms with E-state index in [1.54, 1.807) is 66.1 Å². The van der Waals surface area contributed by atoms with Crippen molar-refractivity contribution in [2.45, 2.75) is 13.8 Å². The van der Waals surface area contributed by atoms with E-state index in [1.165, 1.54) is 33.4 Å². The number of ether oxygens (including phenoxy) is 2. The number of aromatic nitrogens is 1. The van der Waals surface area contributed by atoms with E-state index < -0.39 is 28.7 Å². The lowest BCUT2D eigenvalue weighted by molar-refractivity contribution is 0.0600. The summed E-state index contributed by atoms with van der Waals surface area (Å²) in [4.78, 5) is 29.9. The van der Waals surface area contributed by atoms with Crippen molar-refractivity contribution in [3.05, 3.63) is 89.7 Å². The number of furan rings is 1. The number of rotatable bonds is 8. The van der Waals surface area contributed by atoms with Crippen LogP contribution < -0.4 is 14.4 Å².